The van der Waals surface area contributed by atoms with Gasteiger partial charge in [0.1, 0.15) is 22.8 Å². The molecule has 2 fully saturated rings. The molecule has 1 amide bonds. The van der Waals surface area contributed by atoms with Gasteiger partial charge in [-0.1, -0.05) is 0 Å². The van der Waals surface area contributed by atoms with Crippen LogP contribution in [0, 0.1) is 11.8 Å². The second kappa shape index (κ2) is 9.11. The van der Waals surface area contributed by atoms with Crippen molar-refractivity contribution in [1.82, 2.24) is 9.80 Å². The summed E-state index contributed by atoms with van der Waals surface area (Å²) in [7, 11) is 5.23. The van der Waals surface area contributed by atoms with Crippen molar-refractivity contribution in [3.8, 4) is 5.75 Å². The fraction of sp³-hybridized carbons (Fsp3) is 0.519. The van der Waals surface area contributed by atoms with Crippen molar-refractivity contribution in [1.29, 1.82) is 0 Å². The summed E-state index contributed by atoms with van der Waals surface area (Å²) in [4.78, 5) is 42.9. The number of fused-ring (bicyclic) bond motifs is 3. The number of nitrogens with two attached hydrogens (primary N) is 1. The first-order valence-electron chi connectivity index (χ1n) is 12.8. The molecule has 0 unspecified atom stereocenters. The zero-order chi connectivity index (χ0) is 27.7. The predicted octanol–water partition coefficient (Wildman–Crippen LogP) is 0.470. The lowest BCUT2D eigenvalue weighted by atomic mass is 9.57. The Kier molecular flexibility index (Phi) is 6.28. The van der Waals surface area contributed by atoms with Crippen LogP contribution in [0.5, 0.6) is 5.75 Å². The molecular formula is C27H34N4O7. The Labute approximate surface area is 220 Å². The van der Waals surface area contributed by atoms with Gasteiger partial charge in [-0.15, -0.1) is 0 Å². The average Bonchev–Trinajstić information content (AvgIpc) is 2.84. The average molecular weight is 527 g/mol. The normalized spacial score (nSPS) is 30.3. The van der Waals surface area contributed by atoms with E-state index >= 15 is 0 Å². The molecule has 3 aliphatic carbocycles. The van der Waals surface area contributed by atoms with Crippen LogP contribution in [0.2, 0.25) is 0 Å². The molecule has 0 bridgehead atoms. The number of likely N-dealkylation sites (N-methyl/N-ethyl adjacent to an activating group) is 1. The van der Waals surface area contributed by atoms with Crippen LogP contribution < -0.4 is 11.1 Å². The number of benzene rings is 1. The van der Waals surface area contributed by atoms with Gasteiger partial charge in [0.2, 0.25) is 5.78 Å². The number of phenols is 1. The number of Topliss-reactive ketones (excluding diaryl/α,β-unsaturated/α-hetero) is 2. The van der Waals surface area contributed by atoms with Crippen molar-refractivity contribution in [2.45, 2.75) is 43.4 Å². The van der Waals surface area contributed by atoms with Crippen LogP contribution in [0.15, 0.2) is 29.0 Å². The number of likely N-dealkylation sites (tertiary alicyclic amines) is 1. The Morgan fingerprint density at radius 2 is 1.82 bits per heavy atom. The van der Waals surface area contributed by atoms with Crippen LogP contribution in [-0.2, 0) is 20.8 Å². The molecule has 4 aliphatic rings. The lowest BCUT2D eigenvalue weighted by molar-refractivity contribution is -0.153. The molecule has 1 aromatic rings. The number of primary amides is 1. The van der Waals surface area contributed by atoms with Gasteiger partial charge < -0.3 is 36.4 Å². The lowest BCUT2D eigenvalue weighted by Crippen LogP contribution is -2.65. The Hall–Kier alpha value is -3.41. The third-order valence-corrected chi connectivity index (χ3v) is 8.68. The first-order valence-corrected chi connectivity index (χ1v) is 12.8. The molecule has 0 radical (unpaired) electrons. The minimum absolute atomic E-state index is 0.0646. The van der Waals surface area contributed by atoms with E-state index in [4.69, 9.17) is 5.73 Å². The second-order valence-corrected chi connectivity index (χ2v) is 11.2. The van der Waals surface area contributed by atoms with Gasteiger partial charge in [-0.25, -0.2) is 0 Å². The van der Waals surface area contributed by atoms with Crippen molar-refractivity contribution in [2.75, 3.05) is 39.5 Å². The molecule has 38 heavy (non-hydrogen) atoms. The number of nitrogens with one attached hydrogen (secondary N) is 1. The van der Waals surface area contributed by atoms with E-state index in [1.165, 1.54) is 11.0 Å². The van der Waals surface area contributed by atoms with Crippen molar-refractivity contribution in [2.24, 2.45) is 17.6 Å². The van der Waals surface area contributed by atoms with Crippen LogP contribution in [0.4, 0.5) is 5.69 Å². The number of aliphatic hydroxyl groups excluding tert-OH is 2. The van der Waals surface area contributed by atoms with Gasteiger partial charge in [-0.05, 0) is 83.5 Å². The molecule has 204 valence electrons. The summed E-state index contributed by atoms with van der Waals surface area (Å²) in [6.45, 7) is 1.88. The number of ketones is 2. The van der Waals surface area contributed by atoms with Crippen LogP contribution in [-0.4, -0.2) is 99.6 Å². The predicted molar refractivity (Wildman–Crippen MR) is 138 cm³/mol. The second-order valence-electron chi connectivity index (χ2n) is 11.2. The highest BCUT2D eigenvalue weighted by Crippen LogP contribution is 2.53. The van der Waals surface area contributed by atoms with E-state index in [-0.39, 0.29) is 35.8 Å². The maximum Gasteiger partial charge on any atom is 0.255 e. The minimum atomic E-state index is -2.63. The fourth-order valence-corrected chi connectivity index (χ4v) is 6.75. The zero-order valence-electron chi connectivity index (χ0n) is 21.7. The largest absolute Gasteiger partial charge is 0.508 e. The summed E-state index contributed by atoms with van der Waals surface area (Å²) in [5.74, 6) is -6.51. The molecule has 7 N–H and O–H groups in total. The molecular weight excluding hydrogens is 492 g/mol. The summed E-state index contributed by atoms with van der Waals surface area (Å²) in [5, 5.41) is 48.2. The summed E-state index contributed by atoms with van der Waals surface area (Å²) in [6.07, 6.45) is 2.18. The summed E-state index contributed by atoms with van der Waals surface area (Å²) < 4.78 is 0. The SMILES string of the molecule is CN1CCC(Nc2ccc(O)c3c2C[C@@H]2C[C@@H]4[C@@H](N(C)C)C(=O)C(C(N)=O)=C(O)[C@]4(O)C(=O)C2=C3O)CC1. The zero-order valence-corrected chi connectivity index (χ0v) is 21.7. The Morgan fingerprint density at radius 3 is 2.42 bits per heavy atom. The number of carbonyl (C=O) groups is 3. The van der Waals surface area contributed by atoms with Gasteiger partial charge in [0.25, 0.3) is 5.91 Å². The van der Waals surface area contributed by atoms with Gasteiger partial charge in [-0.3, -0.25) is 19.3 Å². The topological polar surface area (TPSA) is 177 Å². The van der Waals surface area contributed by atoms with Crippen LogP contribution in [0.1, 0.15) is 30.4 Å². The van der Waals surface area contributed by atoms with Gasteiger partial charge >= 0.3 is 0 Å². The Morgan fingerprint density at radius 1 is 1.16 bits per heavy atom. The van der Waals surface area contributed by atoms with Crippen molar-refractivity contribution in [3.05, 3.63) is 40.2 Å². The fourth-order valence-electron chi connectivity index (χ4n) is 6.75. The van der Waals surface area contributed by atoms with E-state index in [1.54, 1.807) is 20.2 Å². The number of hydrogen-bond acceptors (Lipinski definition) is 10. The number of amides is 1. The molecule has 11 heteroatoms. The molecule has 1 heterocycles. The third kappa shape index (κ3) is 3.71. The van der Waals surface area contributed by atoms with E-state index < -0.39 is 58.0 Å². The van der Waals surface area contributed by atoms with Crippen LogP contribution in [0.3, 0.4) is 0 Å². The first kappa shape index (κ1) is 26.2. The maximum absolute atomic E-state index is 13.9. The Bertz CT molecular complexity index is 1290. The monoisotopic (exact) mass is 526 g/mol. The van der Waals surface area contributed by atoms with Crippen LogP contribution >= 0.6 is 0 Å². The maximum atomic E-state index is 13.9. The highest BCUT2D eigenvalue weighted by molar-refractivity contribution is 6.24. The third-order valence-electron chi connectivity index (χ3n) is 8.68. The molecule has 4 atom stereocenters. The lowest BCUT2D eigenvalue weighted by Gasteiger charge is -2.50. The number of nitrogens with zero attached hydrogens (tertiary/aromatic N) is 2. The molecule has 1 saturated carbocycles. The molecule has 0 spiro atoms. The Balaban J connectivity index is 1.62. The highest BCUT2D eigenvalue weighted by atomic mass is 16.3. The van der Waals surface area contributed by atoms with E-state index in [2.05, 4.69) is 17.3 Å². The molecule has 5 rings (SSSR count). The van der Waals surface area contributed by atoms with Gasteiger partial charge in [0, 0.05) is 23.2 Å². The van der Waals surface area contributed by atoms with Gasteiger partial charge in [0.15, 0.2) is 11.4 Å². The van der Waals surface area contributed by atoms with E-state index in [0.717, 1.165) is 31.6 Å². The van der Waals surface area contributed by atoms with E-state index in [1.807, 2.05) is 0 Å². The van der Waals surface area contributed by atoms with Crippen molar-refractivity contribution < 1.29 is 34.8 Å². The summed E-state index contributed by atoms with van der Waals surface area (Å²) >= 11 is 0. The minimum Gasteiger partial charge on any atom is -0.508 e. The van der Waals surface area contributed by atoms with Crippen LogP contribution in [0.25, 0.3) is 5.76 Å². The number of rotatable bonds is 4. The van der Waals surface area contributed by atoms with Crippen molar-refractivity contribution in [3.63, 3.8) is 0 Å². The smallest absolute Gasteiger partial charge is 0.255 e. The number of piperidine rings is 1. The number of phenolic OH excluding ortho intramolecular Hbond substituents is 1. The molecule has 11 nitrogen and oxygen atoms in total. The summed E-state index contributed by atoms with van der Waals surface area (Å²) in [6, 6.07) is 2.30. The first-order chi connectivity index (χ1) is 17.9. The highest BCUT2D eigenvalue weighted by Gasteiger charge is 2.64. The quantitative estimate of drug-likeness (QED) is 0.239. The summed E-state index contributed by atoms with van der Waals surface area (Å²) in [5.41, 5.74) is 3.24. The standard InChI is InChI=1S/C27H34N4O7/c1-30(2)21-15-11-12-10-14-16(29-13-6-8-31(3)9-7-13)4-5-17(32)19(14)22(33)18(12)24(35)27(15,38)25(36)20(23(21)34)26(28)37/h4-5,12-13,15,21,29,32-33,36,38H,6-11H2,1-3H3,(H2,28,37)/t12-,15-,21-,27-/m1/s1. The van der Waals surface area contributed by atoms with E-state index in [9.17, 15) is 34.8 Å². The molecule has 0 aromatic heterocycles. The molecule has 1 aliphatic heterocycles. The van der Waals surface area contributed by atoms with Gasteiger partial charge in [0.05, 0.1) is 11.6 Å². The number of anilines is 1. The van der Waals surface area contributed by atoms with E-state index in [0.29, 0.717) is 5.56 Å². The number of aromatic hydroxyl groups is 1. The number of carbonyl (C=O) groups excluding carboxylic acids is 3. The van der Waals surface area contributed by atoms with Gasteiger partial charge in [-0.2, -0.15) is 0 Å². The molecule has 1 saturated heterocycles. The number of aliphatic hydroxyl groups is 3. The molecule has 1 aromatic carbocycles. The van der Waals surface area contributed by atoms with Crippen molar-refractivity contribution >= 4 is 28.9 Å². The number of hydrogen-bond donors (Lipinski definition) is 6.